The van der Waals surface area contributed by atoms with Crippen molar-refractivity contribution in [2.24, 2.45) is 5.92 Å². The predicted molar refractivity (Wildman–Crippen MR) is 100 cm³/mol. The van der Waals surface area contributed by atoms with Gasteiger partial charge in [0, 0.05) is 31.7 Å². The van der Waals surface area contributed by atoms with Gasteiger partial charge in [-0.25, -0.2) is 4.79 Å². The first kappa shape index (κ1) is 19.9. The zero-order chi connectivity index (χ0) is 19.2. The molecule has 2 saturated heterocycles. The molecule has 0 bridgehead atoms. The summed E-state index contributed by atoms with van der Waals surface area (Å²) in [6.45, 7) is 5.19. The highest BCUT2D eigenvalue weighted by Gasteiger charge is 2.34. The fourth-order valence-electron chi connectivity index (χ4n) is 4.00. The molecule has 0 aromatic carbocycles. The Hall–Kier alpha value is -1.83. The van der Waals surface area contributed by atoms with Gasteiger partial charge >= 0.3 is 12.0 Å². The van der Waals surface area contributed by atoms with Gasteiger partial charge in [0.15, 0.2) is 0 Å². The molecule has 3 aliphatic rings. The molecular weight excluding hydrogens is 348 g/mol. The lowest BCUT2D eigenvalue weighted by atomic mass is 9.93. The number of hydrogen-bond acceptors (Lipinski definition) is 5. The fourth-order valence-corrected chi connectivity index (χ4v) is 4.00. The predicted octanol–water partition coefficient (Wildman–Crippen LogP) is 0.714. The first-order valence-corrected chi connectivity index (χ1v) is 10.3. The van der Waals surface area contributed by atoms with Gasteiger partial charge in [-0.15, -0.1) is 0 Å². The maximum atomic E-state index is 12.4. The molecule has 8 heteroatoms. The lowest BCUT2D eigenvalue weighted by molar-refractivity contribution is -0.141. The number of esters is 1. The van der Waals surface area contributed by atoms with Crippen LogP contribution in [0.5, 0.6) is 0 Å². The summed E-state index contributed by atoms with van der Waals surface area (Å²) < 4.78 is 4.82. The Morgan fingerprint density at radius 3 is 2.44 bits per heavy atom. The van der Waals surface area contributed by atoms with Crippen molar-refractivity contribution in [3.8, 4) is 0 Å². The molecule has 1 aliphatic carbocycles. The number of nitrogens with zero attached hydrogens (tertiary/aromatic N) is 2. The Kier molecular flexibility index (Phi) is 6.93. The molecule has 3 fully saturated rings. The van der Waals surface area contributed by atoms with Crippen LogP contribution in [0.4, 0.5) is 4.79 Å². The standard InChI is InChI=1S/C19H32N4O4/c1-2-27-17(24)12-20-19(26)22-10-7-16(8-11-22)23-9-3-4-14(13-23)18(25)21-15-5-6-15/h14-16H,2-13H2,1H3,(H,20,26)(H,21,25). The number of amides is 3. The van der Waals surface area contributed by atoms with Crippen LogP contribution in [0.1, 0.15) is 45.4 Å². The monoisotopic (exact) mass is 380 g/mol. The topological polar surface area (TPSA) is 91.0 Å². The number of rotatable bonds is 6. The van der Waals surface area contributed by atoms with E-state index in [9.17, 15) is 14.4 Å². The van der Waals surface area contributed by atoms with E-state index in [4.69, 9.17) is 4.74 Å². The number of piperidine rings is 2. The summed E-state index contributed by atoms with van der Waals surface area (Å²) in [5.41, 5.74) is 0. The summed E-state index contributed by atoms with van der Waals surface area (Å²) in [5.74, 6) is -0.0900. The lowest BCUT2D eigenvalue weighted by Gasteiger charge is -2.42. The molecule has 0 radical (unpaired) electrons. The fraction of sp³-hybridized carbons (Fsp3) is 0.842. The van der Waals surface area contributed by atoms with Gasteiger partial charge < -0.3 is 20.3 Å². The first-order valence-electron chi connectivity index (χ1n) is 10.3. The van der Waals surface area contributed by atoms with Gasteiger partial charge in [-0.3, -0.25) is 14.5 Å². The van der Waals surface area contributed by atoms with E-state index in [1.54, 1.807) is 11.8 Å². The van der Waals surface area contributed by atoms with Crippen molar-refractivity contribution in [2.75, 3.05) is 39.3 Å². The van der Waals surface area contributed by atoms with Gasteiger partial charge in [0.05, 0.1) is 12.5 Å². The van der Waals surface area contributed by atoms with Crippen LogP contribution in [-0.2, 0) is 14.3 Å². The highest BCUT2D eigenvalue weighted by Crippen LogP contribution is 2.25. The Labute approximate surface area is 161 Å². The number of ether oxygens (including phenoxy) is 1. The van der Waals surface area contributed by atoms with Gasteiger partial charge in [0.25, 0.3) is 0 Å². The van der Waals surface area contributed by atoms with E-state index in [-0.39, 0.29) is 24.4 Å². The van der Waals surface area contributed by atoms with E-state index in [1.165, 1.54) is 0 Å². The largest absolute Gasteiger partial charge is 0.465 e. The Morgan fingerprint density at radius 1 is 1.04 bits per heavy atom. The molecule has 2 N–H and O–H groups in total. The molecular formula is C19H32N4O4. The second-order valence-electron chi connectivity index (χ2n) is 7.80. The van der Waals surface area contributed by atoms with E-state index in [1.807, 2.05) is 0 Å². The lowest BCUT2D eigenvalue weighted by Crippen LogP contribution is -2.53. The van der Waals surface area contributed by atoms with Gasteiger partial charge in [-0.05, 0) is 52.0 Å². The second kappa shape index (κ2) is 9.39. The third kappa shape index (κ3) is 5.82. The molecule has 0 spiro atoms. The van der Waals surface area contributed by atoms with Crippen molar-refractivity contribution in [1.29, 1.82) is 0 Å². The summed E-state index contributed by atoms with van der Waals surface area (Å²) in [6.07, 6.45) is 6.10. The highest BCUT2D eigenvalue weighted by atomic mass is 16.5. The van der Waals surface area contributed by atoms with E-state index >= 15 is 0 Å². The summed E-state index contributed by atoms with van der Waals surface area (Å²) in [7, 11) is 0. The van der Waals surface area contributed by atoms with Crippen LogP contribution in [0.2, 0.25) is 0 Å². The first-order chi connectivity index (χ1) is 13.1. The zero-order valence-corrected chi connectivity index (χ0v) is 16.2. The van der Waals surface area contributed by atoms with E-state index < -0.39 is 5.97 Å². The zero-order valence-electron chi connectivity index (χ0n) is 16.2. The Morgan fingerprint density at radius 2 is 1.78 bits per heavy atom. The normalized spacial score (nSPS) is 24.3. The second-order valence-corrected chi connectivity index (χ2v) is 7.80. The van der Waals surface area contributed by atoms with Crippen LogP contribution >= 0.6 is 0 Å². The third-order valence-electron chi connectivity index (χ3n) is 5.70. The molecule has 3 amide bonds. The van der Waals surface area contributed by atoms with Crippen LogP contribution in [0.25, 0.3) is 0 Å². The smallest absolute Gasteiger partial charge is 0.325 e. The van der Waals surface area contributed by atoms with E-state index in [0.717, 1.165) is 51.6 Å². The van der Waals surface area contributed by atoms with Gasteiger partial charge in [0.1, 0.15) is 6.54 Å². The molecule has 2 aliphatic heterocycles. The molecule has 0 aromatic rings. The minimum Gasteiger partial charge on any atom is -0.465 e. The van der Waals surface area contributed by atoms with Crippen molar-refractivity contribution in [3.05, 3.63) is 0 Å². The number of carbonyl (C=O) groups is 3. The van der Waals surface area contributed by atoms with Crippen molar-refractivity contribution in [2.45, 2.75) is 57.5 Å². The number of nitrogens with one attached hydrogen (secondary N) is 2. The van der Waals surface area contributed by atoms with Gasteiger partial charge in [-0.1, -0.05) is 0 Å². The van der Waals surface area contributed by atoms with Gasteiger partial charge in [-0.2, -0.15) is 0 Å². The van der Waals surface area contributed by atoms with Crippen LogP contribution in [0.3, 0.4) is 0 Å². The Bertz CT molecular complexity index is 544. The quantitative estimate of drug-likeness (QED) is 0.663. The Balaban J connectivity index is 1.39. The van der Waals surface area contributed by atoms with Crippen LogP contribution in [0, 0.1) is 5.92 Å². The summed E-state index contributed by atoms with van der Waals surface area (Å²) in [6, 6.07) is 0.640. The number of urea groups is 1. The van der Waals surface area contributed by atoms with E-state index in [0.29, 0.717) is 31.8 Å². The summed E-state index contributed by atoms with van der Waals surface area (Å²) >= 11 is 0. The maximum Gasteiger partial charge on any atom is 0.325 e. The van der Waals surface area contributed by atoms with Gasteiger partial charge in [0.2, 0.25) is 5.91 Å². The molecule has 27 heavy (non-hydrogen) atoms. The molecule has 1 unspecified atom stereocenters. The SMILES string of the molecule is CCOC(=O)CNC(=O)N1CCC(N2CCCC(C(=O)NC3CC3)C2)CC1. The number of hydrogen-bond donors (Lipinski definition) is 2. The molecule has 8 nitrogen and oxygen atoms in total. The summed E-state index contributed by atoms with van der Waals surface area (Å²) in [5, 5.41) is 5.76. The van der Waals surface area contributed by atoms with E-state index in [2.05, 4.69) is 15.5 Å². The number of likely N-dealkylation sites (tertiary alicyclic amines) is 2. The third-order valence-corrected chi connectivity index (χ3v) is 5.70. The minimum absolute atomic E-state index is 0.0868. The number of carbonyl (C=O) groups excluding carboxylic acids is 3. The molecule has 1 saturated carbocycles. The van der Waals surface area contributed by atoms with Crippen molar-refractivity contribution >= 4 is 17.9 Å². The molecule has 2 heterocycles. The average Bonchev–Trinajstić information content (AvgIpc) is 3.50. The maximum absolute atomic E-state index is 12.4. The highest BCUT2D eigenvalue weighted by molar-refractivity contribution is 5.81. The summed E-state index contributed by atoms with van der Waals surface area (Å²) in [4.78, 5) is 40.1. The van der Waals surface area contributed by atoms with Crippen molar-refractivity contribution < 1.29 is 19.1 Å². The molecule has 1 atom stereocenters. The molecule has 3 rings (SSSR count). The van der Waals surface area contributed by atoms with Crippen LogP contribution in [0.15, 0.2) is 0 Å². The molecule has 152 valence electrons. The molecule has 0 aromatic heterocycles. The van der Waals surface area contributed by atoms with Crippen LogP contribution in [-0.4, -0.2) is 79.1 Å². The average molecular weight is 380 g/mol. The van der Waals surface area contributed by atoms with Crippen LogP contribution < -0.4 is 10.6 Å². The van der Waals surface area contributed by atoms with Crippen molar-refractivity contribution in [3.63, 3.8) is 0 Å². The van der Waals surface area contributed by atoms with Crippen molar-refractivity contribution in [1.82, 2.24) is 20.4 Å². The minimum atomic E-state index is -0.412.